The van der Waals surface area contributed by atoms with E-state index in [9.17, 15) is 16.8 Å². The Bertz CT molecular complexity index is 759. The van der Waals surface area contributed by atoms with Crippen molar-refractivity contribution in [1.29, 1.82) is 0 Å². The van der Waals surface area contributed by atoms with E-state index in [2.05, 4.69) is 4.72 Å². The third-order valence-electron chi connectivity index (χ3n) is 3.76. The summed E-state index contributed by atoms with van der Waals surface area (Å²) in [7, 11) is -5.94. The summed E-state index contributed by atoms with van der Waals surface area (Å²) in [6, 6.07) is 3.87. The Morgan fingerprint density at radius 2 is 1.95 bits per heavy atom. The molecule has 0 aliphatic carbocycles. The minimum absolute atomic E-state index is 0.0734. The van der Waals surface area contributed by atoms with Crippen LogP contribution < -0.4 is 10.5 Å². The van der Waals surface area contributed by atoms with Gasteiger partial charge in [0.1, 0.15) is 0 Å². The quantitative estimate of drug-likeness (QED) is 0.798. The molecule has 3 N–H and O–H groups in total. The molecule has 1 fully saturated rings. The molecule has 2 rings (SSSR count). The third kappa shape index (κ3) is 3.33. The lowest BCUT2D eigenvalue weighted by Crippen LogP contribution is -2.45. The van der Waals surface area contributed by atoms with Crippen molar-refractivity contribution in [3.63, 3.8) is 0 Å². The lowest BCUT2D eigenvalue weighted by atomic mass is 10.1. The summed E-state index contributed by atoms with van der Waals surface area (Å²) in [5.74, 6) is 0. The number of aryl methyl sites for hydroxylation is 1. The second-order valence-corrected chi connectivity index (χ2v) is 9.19. The molecule has 1 atom stereocenters. The van der Waals surface area contributed by atoms with Crippen LogP contribution in [0.4, 0.5) is 0 Å². The predicted molar refractivity (Wildman–Crippen MR) is 83.4 cm³/mol. The van der Waals surface area contributed by atoms with E-state index in [0.29, 0.717) is 12.1 Å². The average Bonchev–Trinajstić information content (AvgIpc) is 2.46. The Hall–Kier alpha value is -1.00. The predicted octanol–water partition coefficient (Wildman–Crippen LogP) is 0.0149. The maximum absolute atomic E-state index is 12.6. The van der Waals surface area contributed by atoms with Crippen molar-refractivity contribution in [2.75, 3.05) is 20.1 Å². The van der Waals surface area contributed by atoms with Crippen molar-refractivity contribution in [1.82, 2.24) is 9.03 Å². The van der Waals surface area contributed by atoms with E-state index in [1.54, 1.807) is 6.92 Å². The minimum Gasteiger partial charge on any atom is -0.327 e. The molecule has 1 aromatic carbocycles. The number of nitrogens with one attached hydrogen (secondary N) is 1. The molecule has 124 valence electrons. The first kappa shape index (κ1) is 17.4. The van der Waals surface area contributed by atoms with Crippen molar-refractivity contribution in [2.45, 2.75) is 35.6 Å². The number of nitrogens with zero attached hydrogens (tertiary/aromatic N) is 1. The van der Waals surface area contributed by atoms with Crippen molar-refractivity contribution >= 4 is 20.0 Å². The smallest absolute Gasteiger partial charge is 0.243 e. The van der Waals surface area contributed by atoms with Gasteiger partial charge in [-0.05, 0) is 50.6 Å². The molecule has 0 amide bonds. The van der Waals surface area contributed by atoms with Crippen LogP contribution in [0.2, 0.25) is 0 Å². The first-order chi connectivity index (χ1) is 10.2. The van der Waals surface area contributed by atoms with Crippen LogP contribution in [-0.2, 0) is 20.0 Å². The molecule has 0 aromatic heterocycles. The van der Waals surface area contributed by atoms with E-state index in [4.69, 9.17) is 5.73 Å². The van der Waals surface area contributed by atoms with Crippen molar-refractivity contribution in [3.8, 4) is 0 Å². The van der Waals surface area contributed by atoms with Crippen LogP contribution in [0.5, 0.6) is 0 Å². The van der Waals surface area contributed by atoms with Crippen LogP contribution >= 0.6 is 0 Å². The van der Waals surface area contributed by atoms with E-state index in [-0.39, 0.29) is 22.4 Å². The minimum atomic E-state index is -3.65. The summed E-state index contributed by atoms with van der Waals surface area (Å²) in [6.07, 6.45) is 1.54. The molecule has 7 nitrogen and oxygen atoms in total. The molecule has 1 heterocycles. The SMILES string of the molecule is CNS(=O)(=O)c1ccc(S(=O)(=O)N2CCC[C@@H](N)C2)cc1C. The molecule has 0 unspecified atom stereocenters. The molecule has 1 aromatic rings. The maximum Gasteiger partial charge on any atom is 0.243 e. The Balaban J connectivity index is 2.39. The summed E-state index contributed by atoms with van der Waals surface area (Å²) in [4.78, 5) is 0.165. The van der Waals surface area contributed by atoms with Gasteiger partial charge in [-0.15, -0.1) is 0 Å². The van der Waals surface area contributed by atoms with E-state index in [1.807, 2.05) is 0 Å². The zero-order valence-corrected chi connectivity index (χ0v) is 14.2. The molecule has 9 heteroatoms. The van der Waals surface area contributed by atoms with Gasteiger partial charge in [-0.2, -0.15) is 4.31 Å². The molecular formula is C13H21N3O4S2. The largest absolute Gasteiger partial charge is 0.327 e. The van der Waals surface area contributed by atoms with Crippen LogP contribution in [0.25, 0.3) is 0 Å². The van der Waals surface area contributed by atoms with Crippen molar-refractivity contribution in [2.24, 2.45) is 5.73 Å². The summed E-state index contributed by atoms with van der Waals surface area (Å²) in [5.41, 5.74) is 6.22. The van der Waals surface area contributed by atoms with Crippen LogP contribution in [0.3, 0.4) is 0 Å². The zero-order chi connectivity index (χ0) is 16.5. The Labute approximate surface area is 131 Å². The van der Waals surface area contributed by atoms with Crippen LogP contribution in [0.15, 0.2) is 28.0 Å². The third-order valence-corrected chi connectivity index (χ3v) is 7.20. The maximum atomic E-state index is 12.6. The lowest BCUT2D eigenvalue weighted by Gasteiger charge is -2.30. The topological polar surface area (TPSA) is 110 Å². The summed E-state index contributed by atoms with van der Waals surface area (Å²) in [6.45, 7) is 2.30. The number of hydrogen-bond acceptors (Lipinski definition) is 5. The highest BCUT2D eigenvalue weighted by Crippen LogP contribution is 2.24. The number of sulfonamides is 2. The van der Waals surface area contributed by atoms with Gasteiger partial charge in [-0.1, -0.05) is 0 Å². The van der Waals surface area contributed by atoms with Crippen molar-refractivity contribution < 1.29 is 16.8 Å². The van der Waals surface area contributed by atoms with E-state index < -0.39 is 20.0 Å². The first-order valence-corrected chi connectivity index (χ1v) is 9.91. The normalized spacial score (nSPS) is 21.0. The molecule has 0 bridgehead atoms. The fraction of sp³-hybridized carbons (Fsp3) is 0.538. The van der Waals surface area contributed by atoms with Gasteiger partial charge in [0.25, 0.3) is 0 Å². The van der Waals surface area contributed by atoms with Gasteiger partial charge in [-0.3, -0.25) is 0 Å². The summed E-state index contributed by atoms with van der Waals surface area (Å²) >= 11 is 0. The van der Waals surface area contributed by atoms with Crippen molar-refractivity contribution in [3.05, 3.63) is 23.8 Å². The molecule has 0 saturated carbocycles. The fourth-order valence-corrected chi connectivity index (χ4v) is 5.11. The number of piperidine rings is 1. The lowest BCUT2D eigenvalue weighted by molar-refractivity contribution is 0.316. The van der Waals surface area contributed by atoms with Gasteiger partial charge in [0.15, 0.2) is 0 Å². The second kappa shape index (κ2) is 6.25. The Morgan fingerprint density at radius 3 is 2.50 bits per heavy atom. The van der Waals surface area contributed by atoms with Gasteiger partial charge >= 0.3 is 0 Å². The Kier molecular flexibility index (Phi) is 4.93. The highest BCUT2D eigenvalue weighted by molar-refractivity contribution is 7.89. The number of nitrogens with two attached hydrogens (primary N) is 1. The highest BCUT2D eigenvalue weighted by atomic mass is 32.2. The Morgan fingerprint density at radius 1 is 1.27 bits per heavy atom. The van der Waals surface area contributed by atoms with Gasteiger partial charge in [0, 0.05) is 19.1 Å². The number of benzene rings is 1. The monoisotopic (exact) mass is 347 g/mol. The highest BCUT2D eigenvalue weighted by Gasteiger charge is 2.29. The van der Waals surface area contributed by atoms with Gasteiger partial charge in [-0.25, -0.2) is 21.6 Å². The fourth-order valence-electron chi connectivity index (χ4n) is 2.54. The summed E-state index contributed by atoms with van der Waals surface area (Å²) < 4.78 is 52.5. The average molecular weight is 347 g/mol. The van der Waals surface area contributed by atoms with Crippen LogP contribution in [0, 0.1) is 6.92 Å². The van der Waals surface area contributed by atoms with Gasteiger partial charge in [0.2, 0.25) is 20.0 Å². The molecule has 0 radical (unpaired) electrons. The molecule has 1 aliphatic heterocycles. The molecule has 22 heavy (non-hydrogen) atoms. The number of rotatable bonds is 4. The molecule has 0 spiro atoms. The summed E-state index contributed by atoms with van der Waals surface area (Å²) in [5, 5.41) is 0. The van der Waals surface area contributed by atoms with Crippen LogP contribution in [0.1, 0.15) is 18.4 Å². The molecular weight excluding hydrogens is 326 g/mol. The van der Waals surface area contributed by atoms with Gasteiger partial charge < -0.3 is 5.73 Å². The zero-order valence-electron chi connectivity index (χ0n) is 12.6. The van der Waals surface area contributed by atoms with E-state index >= 15 is 0 Å². The standard InChI is InChI=1S/C13H21N3O4S2/c1-10-8-12(5-6-13(10)21(17,18)15-2)22(19,20)16-7-3-4-11(14)9-16/h5-6,8,11,15H,3-4,7,9,14H2,1-2H3/t11-/m1/s1. The van der Waals surface area contributed by atoms with E-state index in [1.165, 1.54) is 29.6 Å². The van der Waals surface area contributed by atoms with E-state index in [0.717, 1.165) is 12.8 Å². The van der Waals surface area contributed by atoms with Gasteiger partial charge in [0.05, 0.1) is 9.79 Å². The second-order valence-electron chi connectivity index (χ2n) is 5.40. The number of hydrogen-bond donors (Lipinski definition) is 2. The molecule has 1 aliphatic rings. The first-order valence-electron chi connectivity index (χ1n) is 6.98. The van der Waals surface area contributed by atoms with Crippen LogP contribution in [-0.4, -0.2) is 47.3 Å². The molecule has 1 saturated heterocycles.